The van der Waals surface area contributed by atoms with E-state index in [0.29, 0.717) is 6.61 Å². The number of piperazine rings is 1. The molecule has 1 heterocycles. The van der Waals surface area contributed by atoms with Crippen LogP contribution in [-0.4, -0.2) is 55.2 Å². The van der Waals surface area contributed by atoms with E-state index in [1.807, 2.05) is 11.8 Å². The summed E-state index contributed by atoms with van der Waals surface area (Å²) in [7, 11) is 0. The number of hydrogen-bond donors (Lipinski definition) is 0. The molecule has 0 N–H and O–H groups in total. The van der Waals surface area contributed by atoms with Gasteiger partial charge in [-0.2, -0.15) is 0 Å². The van der Waals surface area contributed by atoms with E-state index in [-0.39, 0.29) is 6.09 Å². The summed E-state index contributed by atoms with van der Waals surface area (Å²) in [5.41, 5.74) is 1.41. The molecule has 1 aliphatic rings. The van der Waals surface area contributed by atoms with Crippen molar-refractivity contribution >= 4 is 6.09 Å². The predicted octanol–water partition coefficient (Wildman–Crippen LogP) is 3.53. The molecule has 21 heavy (non-hydrogen) atoms. The molecule has 0 radical (unpaired) electrons. The number of nitrogens with zero attached hydrogens (tertiary/aromatic N) is 2. The van der Waals surface area contributed by atoms with Crippen LogP contribution in [0.1, 0.15) is 47.0 Å². The van der Waals surface area contributed by atoms with Crippen LogP contribution in [0.15, 0.2) is 11.6 Å². The Morgan fingerprint density at radius 3 is 2.43 bits per heavy atom. The van der Waals surface area contributed by atoms with Gasteiger partial charge in [0.2, 0.25) is 0 Å². The second-order valence-corrected chi connectivity index (χ2v) is 6.28. The van der Waals surface area contributed by atoms with Gasteiger partial charge in [0.1, 0.15) is 0 Å². The second-order valence-electron chi connectivity index (χ2n) is 6.28. The number of rotatable bonds is 7. The van der Waals surface area contributed by atoms with Gasteiger partial charge in [-0.1, -0.05) is 18.6 Å². The molecule has 0 aliphatic carbocycles. The Hall–Kier alpha value is -1.03. The maximum atomic E-state index is 11.6. The molecule has 1 fully saturated rings. The zero-order chi connectivity index (χ0) is 15.7. The number of carbonyl (C=O) groups excluding carboxylic acids is 1. The Balaban J connectivity index is 2.15. The largest absolute Gasteiger partial charge is 0.450 e. The van der Waals surface area contributed by atoms with Crippen molar-refractivity contribution in [1.29, 1.82) is 0 Å². The molecule has 122 valence electrons. The molecule has 0 unspecified atom stereocenters. The minimum atomic E-state index is -0.160. The molecule has 1 atom stereocenters. The first-order valence-electron chi connectivity index (χ1n) is 8.30. The highest BCUT2D eigenvalue weighted by Gasteiger charge is 2.21. The van der Waals surface area contributed by atoms with Gasteiger partial charge in [-0.3, -0.25) is 4.90 Å². The molecule has 1 aliphatic heterocycles. The van der Waals surface area contributed by atoms with Crippen LogP contribution in [0.25, 0.3) is 0 Å². The highest BCUT2D eigenvalue weighted by molar-refractivity contribution is 5.67. The van der Waals surface area contributed by atoms with Crippen molar-refractivity contribution in [3.63, 3.8) is 0 Å². The summed E-state index contributed by atoms with van der Waals surface area (Å²) in [6.07, 6.45) is 5.88. The number of allylic oxidation sites excluding steroid dienone is 2. The molecular formula is C17H32N2O2. The van der Waals surface area contributed by atoms with Crippen LogP contribution in [0.4, 0.5) is 4.79 Å². The third-order valence-corrected chi connectivity index (χ3v) is 4.05. The van der Waals surface area contributed by atoms with E-state index >= 15 is 0 Å². The fraction of sp³-hybridized carbons (Fsp3) is 0.824. The van der Waals surface area contributed by atoms with Crippen molar-refractivity contribution in [2.24, 2.45) is 5.92 Å². The van der Waals surface area contributed by atoms with E-state index in [4.69, 9.17) is 4.74 Å². The summed E-state index contributed by atoms with van der Waals surface area (Å²) in [6, 6.07) is 0. The average molecular weight is 296 g/mol. The first kappa shape index (κ1) is 18.0. The van der Waals surface area contributed by atoms with Crippen molar-refractivity contribution in [3.8, 4) is 0 Å². The first-order valence-corrected chi connectivity index (χ1v) is 8.30. The third kappa shape index (κ3) is 7.51. The minimum Gasteiger partial charge on any atom is -0.450 e. The van der Waals surface area contributed by atoms with E-state index in [1.54, 1.807) is 0 Å². The van der Waals surface area contributed by atoms with Gasteiger partial charge in [-0.25, -0.2) is 4.79 Å². The van der Waals surface area contributed by atoms with Crippen molar-refractivity contribution in [2.75, 3.05) is 39.3 Å². The van der Waals surface area contributed by atoms with Gasteiger partial charge in [0, 0.05) is 26.2 Å². The predicted molar refractivity (Wildman–Crippen MR) is 87.5 cm³/mol. The van der Waals surface area contributed by atoms with Crippen LogP contribution in [0.3, 0.4) is 0 Å². The lowest BCUT2D eigenvalue weighted by molar-refractivity contribution is 0.0782. The smallest absolute Gasteiger partial charge is 0.409 e. The maximum absolute atomic E-state index is 11.6. The highest BCUT2D eigenvalue weighted by Crippen LogP contribution is 2.13. The normalized spacial score (nSPS) is 17.4. The van der Waals surface area contributed by atoms with E-state index in [9.17, 15) is 4.79 Å². The Bertz CT molecular complexity index is 330. The lowest BCUT2D eigenvalue weighted by Gasteiger charge is -2.34. The third-order valence-electron chi connectivity index (χ3n) is 4.05. The standard InChI is InChI=1S/C17H32N2O2/c1-5-21-17(20)19-13-11-18(12-14-19)10-9-16(4)8-6-7-15(2)3/h7,16H,5-6,8-14H2,1-4H3/t16-/m0/s1. The van der Waals surface area contributed by atoms with E-state index in [2.05, 4.69) is 31.7 Å². The summed E-state index contributed by atoms with van der Waals surface area (Å²) in [5.74, 6) is 0.767. The molecule has 0 spiro atoms. The zero-order valence-electron chi connectivity index (χ0n) is 14.2. The molecule has 0 saturated carbocycles. The van der Waals surface area contributed by atoms with Crippen molar-refractivity contribution in [3.05, 3.63) is 11.6 Å². The summed E-state index contributed by atoms with van der Waals surface area (Å²) in [4.78, 5) is 15.9. The Labute approximate surface area is 130 Å². The molecule has 1 rings (SSSR count). The summed E-state index contributed by atoms with van der Waals surface area (Å²) in [6.45, 7) is 13.7. The number of amides is 1. The molecule has 1 saturated heterocycles. The number of hydrogen-bond acceptors (Lipinski definition) is 3. The zero-order valence-corrected chi connectivity index (χ0v) is 14.2. The van der Waals surface area contributed by atoms with Gasteiger partial charge in [0.25, 0.3) is 0 Å². The SMILES string of the molecule is CCOC(=O)N1CCN(CC[C@@H](C)CCC=C(C)C)CC1. The van der Waals surface area contributed by atoms with Crippen molar-refractivity contribution in [1.82, 2.24) is 9.80 Å². The van der Waals surface area contributed by atoms with Crippen LogP contribution in [-0.2, 0) is 4.74 Å². The van der Waals surface area contributed by atoms with Crippen LogP contribution < -0.4 is 0 Å². The topological polar surface area (TPSA) is 32.8 Å². The van der Waals surface area contributed by atoms with Crippen molar-refractivity contribution in [2.45, 2.75) is 47.0 Å². The number of carbonyl (C=O) groups is 1. The molecular weight excluding hydrogens is 264 g/mol. The van der Waals surface area contributed by atoms with Crippen LogP contribution in [0.2, 0.25) is 0 Å². The minimum absolute atomic E-state index is 0.160. The molecule has 0 bridgehead atoms. The van der Waals surface area contributed by atoms with Crippen LogP contribution in [0, 0.1) is 5.92 Å². The highest BCUT2D eigenvalue weighted by atomic mass is 16.6. The van der Waals surface area contributed by atoms with E-state index < -0.39 is 0 Å². The Kier molecular flexibility index (Phi) is 8.43. The van der Waals surface area contributed by atoms with Gasteiger partial charge < -0.3 is 9.64 Å². The monoisotopic (exact) mass is 296 g/mol. The lowest BCUT2D eigenvalue weighted by Crippen LogP contribution is -2.49. The van der Waals surface area contributed by atoms with Crippen LogP contribution in [0.5, 0.6) is 0 Å². The first-order chi connectivity index (χ1) is 10.0. The molecule has 1 amide bonds. The van der Waals surface area contributed by atoms with Gasteiger partial charge in [-0.05, 0) is 52.5 Å². The fourth-order valence-corrected chi connectivity index (χ4v) is 2.57. The summed E-state index contributed by atoms with van der Waals surface area (Å²) < 4.78 is 5.04. The van der Waals surface area contributed by atoms with E-state index in [0.717, 1.165) is 38.6 Å². The van der Waals surface area contributed by atoms with E-state index in [1.165, 1.54) is 24.8 Å². The maximum Gasteiger partial charge on any atom is 0.409 e. The molecule has 4 nitrogen and oxygen atoms in total. The van der Waals surface area contributed by atoms with Gasteiger partial charge >= 0.3 is 6.09 Å². The van der Waals surface area contributed by atoms with Gasteiger partial charge in [0.15, 0.2) is 0 Å². The van der Waals surface area contributed by atoms with Gasteiger partial charge in [0.05, 0.1) is 6.61 Å². The molecule has 0 aromatic heterocycles. The second kappa shape index (κ2) is 9.82. The quantitative estimate of drug-likeness (QED) is 0.674. The summed E-state index contributed by atoms with van der Waals surface area (Å²) >= 11 is 0. The summed E-state index contributed by atoms with van der Waals surface area (Å²) in [5, 5.41) is 0. The Morgan fingerprint density at radius 1 is 1.19 bits per heavy atom. The molecule has 4 heteroatoms. The number of ether oxygens (including phenoxy) is 1. The molecule has 0 aromatic carbocycles. The van der Waals surface area contributed by atoms with Crippen LogP contribution >= 0.6 is 0 Å². The lowest BCUT2D eigenvalue weighted by atomic mass is 10.0. The molecule has 0 aromatic rings. The Morgan fingerprint density at radius 2 is 1.86 bits per heavy atom. The van der Waals surface area contributed by atoms with Crippen molar-refractivity contribution < 1.29 is 9.53 Å². The fourth-order valence-electron chi connectivity index (χ4n) is 2.57. The van der Waals surface area contributed by atoms with Gasteiger partial charge in [-0.15, -0.1) is 0 Å². The average Bonchev–Trinajstić information content (AvgIpc) is 2.45.